The molecule has 3 heterocycles. The second-order valence-corrected chi connectivity index (χ2v) is 12.1. The van der Waals surface area contributed by atoms with Crippen LogP contribution in [0.2, 0.25) is 0 Å². The summed E-state index contributed by atoms with van der Waals surface area (Å²) in [5, 5.41) is 16.9. The second kappa shape index (κ2) is 10.7. The quantitative estimate of drug-likeness (QED) is 0.514. The van der Waals surface area contributed by atoms with E-state index in [1.807, 2.05) is 6.07 Å². The van der Waals surface area contributed by atoms with Gasteiger partial charge in [0, 0.05) is 37.8 Å². The maximum atomic E-state index is 14.5. The number of halogens is 1. The molecular formula is C26H27FN6O6S. The van der Waals surface area contributed by atoms with Gasteiger partial charge < -0.3 is 19.9 Å². The number of hydrogen-bond acceptors (Lipinski definition) is 8. The van der Waals surface area contributed by atoms with Crippen LogP contribution in [0, 0.1) is 22.6 Å². The highest BCUT2D eigenvalue weighted by molar-refractivity contribution is 7.89. The minimum absolute atomic E-state index is 0.175. The Morgan fingerprint density at radius 2 is 1.75 bits per heavy atom. The Morgan fingerprint density at radius 1 is 1.12 bits per heavy atom. The largest absolute Gasteiger partial charge is 0.443 e. The van der Waals surface area contributed by atoms with Crippen LogP contribution in [0.4, 0.5) is 14.9 Å². The molecule has 0 aliphatic carbocycles. The van der Waals surface area contributed by atoms with Gasteiger partial charge in [0.15, 0.2) is 0 Å². The van der Waals surface area contributed by atoms with Crippen LogP contribution in [0.1, 0.15) is 42.4 Å². The predicted octanol–water partition coefficient (Wildman–Crippen LogP) is 2.13. The molecule has 3 amide bonds. The molecule has 0 spiro atoms. The fourth-order valence-electron chi connectivity index (χ4n) is 4.18. The first-order valence-corrected chi connectivity index (χ1v) is 13.7. The zero-order valence-corrected chi connectivity index (χ0v) is 22.8. The molecule has 3 N–H and O–H groups in total. The number of anilines is 1. The molecule has 0 fully saturated rings. The van der Waals surface area contributed by atoms with E-state index in [1.165, 1.54) is 22.1 Å². The Kier molecular flexibility index (Phi) is 7.64. The van der Waals surface area contributed by atoms with Crippen LogP contribution in [0.3, 0.4) is 0 Å². The molecule has 1 aromatic heterocycles. The van der Waals surface area contributed by atoms with Crippen molar-refractivity contribution in [2.45, 2.75) is 32.3 Å². The number of carbonyl (C=O) groups is 3. The molecule has 0 bridgehead atoms. The third-order valence-corrected chi connectivity index (χ3v) is 7.34. The van der Waals surface area contributed by atoms with E-state index in [4.69, 9.17) is 9.88 Å². The van der Waals surface area contributed by atoms with E-state index in [2.05, 4.69) is 10.3 Å². The molecule has 2 aliphatic rings. The first-order chi connectivity index (χ1) is 18.7. The number of pyridine rings is 1. The van der Waals surface area contributed by atoms with Gasteiger partial charge in [-0.2, -0.15) is 5.26 Å². The van der Waals surface area contributed by atoms with Crippen LogP contribution in [0.25, 0.3) is 0 Å². The van der Waals surface area contributed by atoms with Gasteiger partial charge in [0.25, 0.3) is 5.91 Å². The number of primary sulfonamides is 1. The van der Waals surface area contributed by atoms with Crippen molar-refractivity contribution in [3.05, 3.63) is 64.2 Å². The molecule has 14 heteroatoms. The van der Waals surface area contributed by atoms with E-state index >= 15 is 0 Å². The SMILES string of the molecule is CC(C)(C)C(=O)Nc1cc(C#N)cnc1COC(=O)N1CC2=C(C1)CN(C(=O)c1ccc(S(N)(=O)=O)cc1F)C2. The fraction of sp³-hybridized carbons (Fsp3) is 0.346. The Labute approximate surface area is 230 Å². The van der Waals surface area contributed by atoms with Crippen LogP contribution < -0.4 is 10.5 Å². The van der Waals surface area contributed by atoms with Gasteiger partial charge in [-0.05, 0) is 35.4 Å². The number of sulfonamides is 1. The highest BCUT2D eigenvalue weighted by Crippen LogP contribution is 2.28. The number of benzene rings is 1. The lowest BCUT2D eigenvalue weighted by atomic mass is 9.95. The summed E-state index contributed by atoms with van der Waals surface area (Å²) in [5.41, 5.74) is 1.44. The van der Waals surface area contributed by atoms with Crippen LogP contribution in [-0.2, 0) is 26.2 Å². The van der Waals surface area contributed by atoms with Crippen molar-refractivity contribution >= 4 is 33.6 Å². The number of amides is 3. The molecule has 0 saturated heterocycles. The van der Waals surface area contributed by atoms with Crippen LogP contribution >= 0.6 is 0 Å². The lowest BCUT2D eigenvalue weighted by Crippen LogP contribution is -2.37. The number of hydrogen-bond donors (Lipinski definition) is 2. The second-order valence-electron chi connectivity index (χ2n) is 10.5. The van der Waals surface area contributed by atoms with Crippen molar-refractivity contribution in [1.82, 2.24) is 14.8 Å². The monoisotopic (exact) mass is 570 g/mol. The van der Waals surface area contributed by atoms with E-state index in [9.17, 15) is 32.5 Å². The number of aromatic nitrogens is 1. The third kappa shape index (κ3) is 6.11. The summed E-state index contributed by atoms with van der Waals surface area (Å²) < 4.78 is 42.7. The summed E-state index contributed by atoms with van der Waals surface area (Å²) >= 11 is 0. The first kappa shape index (κ1) is 28.7. The molecule has 0 unspecified atom stereocenters. The van der Waals surface area contributed by atoms with E-state index in [0.29, 0.717) is 6.07 Å². The topological polar surface area (TPSA) is 176 Å². The molecular weight excluding hydrogens is 543 g/mol. The van der Waals surface area contributed by atoms with Gasteiger partial charge in [-0.1, -0.05) is 20.8 Å². The summed E-state index contributed by atoms with van der Waals surface area (Å²) in [7, 11) is -4.11. The molecule has 4 rings (SSSR count). The summed E-state index contributed by atoms with van der Waals surface area (Å²) in [6.07, 6.45) is 0.690. The molecule has 2 aromatic rings. The number of nitriles is 1. The molecule has 210 valence electrons. The molecule has 2 aliphatic heterocycles. The molecule has 0 atom stereocenters. The molecule has 0 saturated carbocycles. The molecule has 0 radical (unpaired) electrons. The Balaban J connectivity index is 1.35. The lowest BCUT2D eigenvalue weighted by molar-refractivity contribution is -0.123. The maximum Gasteiger partial charge on any atom is 0.410 e. The highest BCUT2D eigenvalue weighted by atomic mass is 32.2. The highest BCUT2D eigenvalue weighted by Gasteiger charge is 2.36. The Bertz CT molecular complexity index is 1570. The number of nitrogens with two attached hydrogens (primary N) is 1. The predicted molar refractivity (Wildman–Crippen MR) is 139 cm³/mol. The smallest absolute Gasteiger partial charge is 0.410 e. The normalized spacial score (nSPS) is 15.1. The van der Waals surface area contributed by atoms with Crippen molar-refractivity contribution in [2.75, 3.05) is 31.5 Å². The van der Waals surface area contributed by atoms with E-state index in [1.54, 1.807) is 20.8 Å². The number of nitrogens with zero attached hydrogens (tertiary/aromatic N) is 4. The van der Waals surface area contributed by atoms with Crippen molar-refractivity contribution in [3.8, 4) is 6.07 Å². The van der Waals surface area contributed by atoms with Crippen molar-refractivity contribution < 1.29 is 31.9 Å². The lowest BCUT2D eigenvalue weighted by Gasteiger charge is -2.23. The van der Waals surface area contributed by atoms with Crippen LogP contribution in [-0.4, -0.2) is 67.3 Å². The third-order valence-electron chi connectivity index (χ3n) is 6.43. The van der Waals surface area contributed by atoms with Gasteiger partial charge in [-0.15, -0.1) is 0 Å². The maximum absolute atomic E-state index is 14.5. The zero-order valence-electron chi connectivity index (χ0n) is 22.0. The van der Waals surface area contributed by atoms with E-state index < -0.39 is 38.2 Å². The Morgan fingerprint density at radius 3 is 2.30 bits per heavy atom. The van der Waals surface area contributed by atoms with E-state index in [0.717, 1.165) is 23.3 Å². The fourth-order valence-corrected chi connectivity index (χ4v) is 4.70. The number of nitrogens with one attached hydrogen (secondary N) is 1. The van der Waals surface area contributed by atoms with Gasteiger partial charge in [0.05, 0.1) is 21.7 Å². The minimum Gasteiger partial charge on any atom is -0.443 e. The molecule has 1 aromatic carbocycles. The minimum atomic E-state index is -4.11. The van der Waals surface area contributed by atoms with Crippen molar-refractivity contribution in [1.29, 1.82) is 5.26 Å². The Hall–Kier alpha value is -4.35. The van der Waals surface area contributed by atoms with Gasteiger partial charge in [0.2, 0.25) is 15.9 Å². The first-order valence-electron chi connectivity index (χ1n) is 12.1. The van der Waals surface area contributed by atoms with Gasteiger partial charge in [0.1, 0.15) is 24.2 Å². The van der Waals surface area contributed by atoms with Gasteiger partial charge >= 0.3 is 6.09 Å². The molecule has 40 heavy (non-hydrogen) atoms. The number of rotatable bonds is 5. The number of carbonyl (C=O) groups excluding carboxylic acids is 3. The van der Waals surface area contributed by atoms with Gasteiger partial charge in [-0.25, -0.2) is 22.7 Å². The standard InChI is InChI=1S/C26H27FN6O6S/c1-26(2,3)24(35)31-21-6-15(8-28)9-30-22(21)14-39-25(36)33-12-16-10-32(11-17(16)13-33)23(34)19-5-4-18(7-20(19)27)40(29,37)38/h4-7,9H,10-14H2,1-3H3,(H,31,35)(H2,29,37,38). The van der Waals surface area contributed by atoms with Crippen LogP contribution in [0.15, 0.2) is 46.5 Å². The average Bonchev–Trinajstić information content (AvgIpc) is 3.46. The van der Waals surface area contributed by atoms with Gasteiger partial charge in [-0.3, -0.25) is 14.6 Å². The molecule has 12 nitrogen and oxygen atoms in total. The summed E-state index contributed by atoms with van der Waals surface area (Å²) in [6.45, 7) is 5.72. The number of ether oxygens (including phenoxy) is 1. The average molecular weight is 571 g/mol. The van der Waals surface area contributed by atoms with E-state index in [-0.39, 0.29) is 61.2 Å². The summed E-state index contributed by atoms with van der Waals surface area (Å²) in [5.74, 6) is -1.90. The summed E-state index contributed by atoms with van der Waals surface area (Å²) in [4.78, 5) is 44.7. The van der Waals surface area contributed by atoms with Crippen LogP contribution in [0.5, 0.6) is 0 Å². The van der Waals surface area contributed by atoms with Crippen molar-refractivity contribution in [2.24, 2.45) is 10.6 Å². The zero-order chi connectivity index (χ0) is 29.4. The summed E-state index contributed by atoms with van der Waals surface area (Å²) in [6, 6.07) is 6.28. The van der Waals surface area contributed by atoms with Crippen molar-refractivity contribution in [3.63, 3.8) is 0 Å².